The Kier molecular flexibility index (Phi) is 4.42. The van der Waals surface area contributed by atoms with Gasteiger partial charge in [-0.2, -0.15) is 0 Å². The Bertz CT molecular complexity index is 530. The third-order valence-corrected chi connectivity index (χ3v) is 4.60. The first-order valence-corrected chi connectivity index (χ1v) is 8.54. The second kappa shape index (κ2) is 5.88. The molecule has 5 nitrogen and oxygen atoms in total. The van der Waals surface area contributed by atoms with Crippen molar-refractivity contribution >= 4 is 15.7 Å². The van der Waals surface area contributed by atoms with E-state index in [-0.39, 0.29) is 0 Å². The molecule has 1 aromatic heterocycles. The second-order valence-corrected chi connectivity index (χ2v) is 6.86. The summed E-state index contributed by atoms with van der Waals surface area (Å²) >= 11 is 0. The van der Waals surface area contributed by atoms with Crippen LogP contribution in [0.25, 0.3) is 0 Å². The van der Waals surface area contributed by atoms with Crippen molar-refractivity contribution < 1.29 is 8.42 Å². The van der Waals surface area contributed by atoms with Crippen LogP contribution >= 0.6 is 0 Å². The fourth-order valence-corrected chi connectivity index (χ4v) is 3.25. The van der Waals surface area contributed by atoms with Gasteiger partial charge in [-0.3, -0.25) is 0 Å². The molecule has 0 unspecified atom stereocenters. The molecule has 2 rings (SSSR count). The van der Waals surface area contributed by atoms with E-state index in [0.29, 0.717) is 10.7 Å². The van der Waals surface area contributed by atoms with Gasteiger partial charge in [-0.25, -0.2) is 13.4 Å². The highest BCUT2D eigenvalue weighted by atomic mass is 32.2. The molecule has 6 heteroatoms. The van der Waals surface area contributed by atoms with E-state index in [0.717, 1.165) is 39.1 Å². The zero-order valence-electron chi connectivity index (χ0n) is 11.5. The normalized spacial score (nSPS) is 18.3. The minimum Gasteiger partial charge on any atom is -0.354 e. The molecule has 106 valence electrons. The van der Waals surface area contributed by atoms with Crippen LogP contribution in [0.5, 0.6) is 0 Å². The molecule has 0 bridgehead atoms. The van der Waals surface area contributed by atoms with Crippen molar-refractivity contribution in [3.05, 3.63) is 18.3 Å². The first-order valence-electron chi connectivity index (χ1n) is 6.64. The maximum absolute atomic E-state index is 11.8. The third kappa shape index (κ3) is 3.45. The van der Waals surface area contributed by atoms with E-state index in [1.165, 1.54) is 6.26 Å². The molecule has 1 aliphatic heterocycles. The Labute approximate surface area is 115 Å². The lowest BCUT2D eigenvalue weighted by Crippen LogP contribution is -2.31. The Morgan fingerprint density at radius 3 is 2.74 bits per heavy atom. The monoisotopic (exact) mass is 283 g/mol. The molecule has 0 saturated carbocycles. The number of aromatic nitrogens is 1. The Morgan fingerprint density at radius 2 is 2.05 bits per heavy atom. The molecule has 1 aliphatic rings. The summed E-state index contributed by atoms with van der Waals surface area (Å²) in [6, 6.07) is 3.32. The number of hydrogen-bond donors (Lipinski definition) is 0. The average Bonchev–Trinajstić information content (AvgIpc) is 2.63. The molecule has 0 spiro atoms. The number of hydrogen-bond acceptors (Lipinski definition) is 5. The molecule has 1 saturated heterocycles. The molecule has 2 heterocycles. The van der Waals surface area contributed by atoms with E-state index < -0.39 is 9.84 Å². The fourth-order valence-electron chi connectivity index (χ4n) is 2.41. The molecule has 0 amide bonds. The van der Waals surface area contributed by atoms with Gasteiger partial charge in [0.15, 0.2) is 9.84 Å². The van der Waals surface area contributed by atoms with Crippen LogP contribution in [0.1, 0.15) is 13.3 Å². The van der Waals surface area contributed by atoms with Crippen LogP contribution in [0, 0.1) is 0 Å². The number of pyridine rings is 1. The fraction of sp³-hybridized carbons (Fsp3) is 0.615. The predicted molar refractivity (Wildman–Crippen MR) is 76.3 cm³/mol. The zero-order chi connectivity index (χ0) is 13.9. The average molecular weight is 283 g/mol. The van der Waals surface area contributed by atoms with Crippen LogP contribution in [0.3, 0.4) is 0 Å². The summed E-state index contributed by atoms with van der Waals surface area (Å²) in [5, 5.41) is 0. The van der Waals surface area contributed by atoms with Crippen LogP contribution in [0.2, 0.25) is 0 Å². The SMILES string of the molecule is CCN1CCCN(c2ncccc2S(C)(=O)=O)CC1. The summed E-state index contributed by atoms with van der Waals surface area (Å²) in [6.07, 6.45) is 3.93. The summed E-state index contributed by atoms with van der Waals surface area (Å²) in [5.41, 5.74) is 0. The lowest BCUT2D eigenvalue weighted by atomic mass is 10.3. The lowest BCUT2D eigenvalue weighted by molar-refractivity contribution is 0.310. The minimum absolute atomic E-state index is 0.333. The molecule has 19 heavy (non-hydrogen) atoms. The number of sulfone groups is 1. The minimum atomic E-state index is -3.23. The first-order chi connectivity index (χ1) is 9.02. The quantitative estimate of drug-likeness (QED) is 0.829. The molecule has 1 fully saturated rings. The molecular weight excluding hydrogens is 262 g/mol. The lowest BCUT2D eigenvalue weighted by Gasteiger charge is -2.23. The van der Waals surface area contributed by atoms with Gasteiger partial charge in [0.1, 0.15) is 10.7 Å². The second-order valence-electron chi connectivity index (χ2n) is 4.87. The summed E-state index contributed by atoms with van der Waals surface area (Å²) in [7, 11) is -3.23. The maximum Gasteiger partial charge on any atom is 0.179 e. The summed E-state index contributed by atoms with van der Waals surface area (Å²) in [5.74, 6) is 0.600. The van der Waals surface area contributed by atoms with Gasteiger partial charge < -0.3 is 9.80 Å². The van der Waals surface area contributed by atoms with Crippen molar-refractivity contribution in [1.82, 2.24) is 9.88 Å². The largest absolute Gasteiger partial charge is 0.354 e. The number of nitrogens with zero attached hydrogens (tertiary/aromatic N) is 3. The zero-order valence-corrected chi connectivity index (χ0v) is 12.4. The first kappa shape index (κ1) is 14.3. The van der Waals surface area contributed by atoms with Gasteiger partial charge >= 0.3 is 0 Å². The van der Waals surface area contributed by atoms with E-state index in [9.17, 15) is 8.42 Å². The van der Waals surface area contributed by atoms with E-state index >= 15 is 0 Å². The van der Waals surface area contributed by atoms with Crippen molar-refractivity contribution in [1.29, 1.82) is 0 Å². The van der Waals surface area contributed by atoms with Gasteiger partial charge in [-0.15, -0.1) is 0 Å². The highest BCUT2D eigenvalue weighted by Crippen LogP contribution is 2.23. The molecule has 0 radical (unpaired) electrons. The summed E-state index contributed by atoms with van der Waals surface area (Å²) in [6.45, 7) is 6.89. The van der Waals surface area contributed by atoms with Gasteiger partial charge in [-0.1, -0.05) is 6.92 Å². The summed E-state index contributed by atoms with van der Waals surface area (Å²) < 4.78 is 23.7. The van der Waals surface area contributed by atoms with E-state index in [4.69, 9.17) is 0 Å². The number of likely N-dealkylation sites (N-methyl/N-ethyl adjacent to an activating group) is 1. The van der Waals surface area contributed by atoms with Gasteiger partial charge in [0, 0.05) is 32.1 Å². The van der Waals surface area contributed by atoms with Crippen LogP contribution in [-0.4, -0.2) is 57.3 Å². The van der Waals surface area contributed by atoms with E-state index in [1.807, 2.05) is 0 Å². The Morgan fingerprint density at radius 1 is 1.26 bits per heavy atom. The standard InChI is InChI=1S/C13H21N3O2S/c1-3-15-8-5-9-16(11-10-15)13-12(19(2,17)18)6-4-7-14-13/h4,6-7H,3,5,8-11H2,1-2H3. The number of rotatable bonds is 3. The number of anilines is 1. The van der Waals surface area contributed by atoms with E-state index in [2.05, 4.69) is 21.7 Å². The molecule has 0 N–H and O–H groups in total. The smallest absolute Gasteiger partial charge is 0.179 e. The third-order valence-electron chi connectivity index (χ3n) is 3.49. The summed E-state index contributed by atoms with van der Waals surface area (Å²) in [4.78, 5) is 9.09. The molecule has 1 aromatic rings. The van der Waals surface area contributed by atoms with Crippen molar-refractivity contribution in [2.75, 3.05) is 43.9 Å². The topological polar surface area (TPSA) is 53.5 Å². The maximum atomic E-state index is 11.8. The van der Waals surface area contributed by atoms with Crippen LogP contribution in [-0.2, 0) is 9.84 Å². The van der Waals surface area contributed by atoms with Gasteiger partial charge in [0.25, 0.3) is 0 Å². The molecular formula is C13H21N3O2S. The van der Waals surface area contributed by atoms with Crippen LogP contribution in [0.4, 0.5) is 5.82 Å². The Hall–Kier alpha value is -1.14. The van der Waals surface area contributed by atoms with Crippen LogP contribution < -0.4 is 4.90 Å². The van der Waals surface area contributed by atoms with Crippen LogP contribution in [0.15, 0.2) is 23.2 Å². The Balaban J connectivity index is 2.27. The molecule has 0 atom stereocenters. The van der Waals surface area contributed by atoms with Crippen molar-refractivity contribution in [3.8, 4) is 0 Å². The van der Waals surface area contributed by atoms with Gasteiger partial charge in [-0.05, 0) is 31.6 Å². The highest BCUT2D eigenvalue weighted by molar-refractivity contribution is 7.90. The predicted octanol–water partition coefficient (Wildman–Crippen LogP) is 1.02. The highest BCUT2D eigenvalue weighted by Gasteiger charge is 2.21. The molecule has 0 aromatic carbocycles. The van der Waals surface area contributed by atoms with Gasteiger partial charge in [0.05, 0.1) is 0 Å². The van der Waals surface area contributed by atoms with Gasteiger partial charge in [0.2, 0.25) is 0 Å². The van der Waals surface area contributed by atoms with E-state index in [1.54, 1.807) is 18.3 Å². The molecule has 0 aliphatic carbocycles. The van der Waals surface area contributed by atoms with Crippen molar-refractivity contribution in [2.45, 2.75) is 18.2 Å². The van der Waals surface area contributed by atoms with Crippen molar-refractivity contribution in [3.63, 3.8) is 0 Å². The van der Waals surface area contributed by atoms with Crippen molar-refractivity contribution in [2.24, 2.45) is 0 Å².